The van der Waals surface area contributed by atoms with Crippen LogP contribution in [-0.2, 0) is 26.0 Å². The highest BCUT2D eigenvalue weighted by atomic mass is 32.2. The number of benzene rings is 2. The first kappa shape index (κ1) is 30.2. The average Bonchev–Trinajstić information content (AvgIpc) is 2.84. The van der Waals surface area contributed by atoms with Crippen molar-refractivity contribution in [2.75, 3.05) is 30.2 Å². The first-order chi connectivity index (χ1) is 17.4. The molecular weight excluding hydrogens is 500 g/mol. The van der Waals surface area contributed by atoms with Gasteiger partial charge in [-0.3, -0.25) is 13.9 Å². The molecule has 7 nitrogen and oxygen atoms in total. The van der Waals surface area contributed by atoms with Gasteiger partial charge < -0.3 is 10.2 Å². The van der Waals surface area contributed by atoms with Gasteiger partial charge >= 0.3 is 0 Å². The summed E-state index contributed by atoms with van der Waals surface area (Å²) < 4.78 is 52.7. The van der Waals surface area contributed by atoms with Gasteiger partial charge in [0.25, 0.3) is 0 Å². The van der Waals surface area contributed by atoms with E-state index in [0.717, 1.165) is 28.3 Å². The Balaban J connectivity index is 2.16. The molecule has 2 aromatic carbocycles. The van der Waals surface area contributed by atoms with Gasteiger partial charge in [-0.1, -0.05) is 51.1 Å². The molecule has 1 unspecified atom stereocenters. The highest BCUT2D eigenvalue weighted by Crippen LogP contribution is 2.21. The fraction of sp³-hybridized carbons (Fsp3) is 0.481. The molecule has 0 saturated carbocycles. The summed E-state index contributed by atoms with van der Waals surface area (Å²) in [5.41, 5.74) is 1.01. The van der Waals surface area contributed by atoms with E-state index < -0.39 is 27.7 Å². The fourth-order valence-corrected chi connectivity index (χ4v) is 4.92. The van der Waals surface area contributed by atoms with Crippen molar-refractivity contribution in [3.63, 3.8) is 0 Å². The van der Waals surface area contributed by atoms with E-state index in [1.807, 2.05) is 51.1 Å². The Morgan fingerprint density at radius 3 is 2.24 bits per heavy atom. The van der Waals surface area contributed by atoms with Crippen LogP contribution in [0.3, 0.4) is 0 Å². The smallest absolute Gasteiger partial charge is 0.242 e. The summed E-state index contributed by atoms with van der Waals surface area (Å²) in [6.45, 7) is 6.54. The maximum Gasteiger partial charge on any atom is 0.242 e. The Morgan fingerprint density at radius 2 is 1.68 bits per heavy atom. The third kappa shape index (κ3) is 9.42. The van der Waals surface area contributed by atoms with Crippen LogP contribution < -0.4 is 9.62 Å². The topological polar surface area (TPSA) is 86.8 Å². The molecule has 1 atom stereocenters. The van der Waals surface area contributed by atoms with Crippen LogP contribution in [0.2, 0.25) is 0 Å². The molecule has 0 aliphatic carbocycles. The summed E-state index contributed by atoms with van der Waals surface area (Å²) in [6.07, 6.45) is 2.07. The zero-order valence-corrected chi connectivity index (χ0v) is 22.7. The molecule has 1 N–H and O–H groups in total. The number of carbonyl (C=O) groups excluding carboxylic acids is 2. The number of halogens is 2. The minimum absolute atomic E-state index is 0.0154. The van der Waals surface area contributed by atoms with Crippen molar-refractivity contribution >= 4 is 27.5 Å². The van der Waals surface area contributed by atoms with Crippen molar-refractivity contribution in [1.82, 2.24) is 10.2 Å². The van der Waals surface area contributed by atoms with Crippen LogP contribution >= 0.6 is 0 Å². The predicted molar refractivity (Wildman–Crippen MR) is 142 cm³/mol. The van der Waals surface area contributed by atoms with Gasteiger partial charge in [0.15, 0.2) is 11.6 Å². The van der Waals surface area contributed by atoms with Gasteiger partial charge in [-0.25, -0.2) is 17.2 Å². The quantitative estimate of drug-likeness (QED) is 0.393. The van der Waals surface area contributed by atoms with E-state index >= 15 is 0 Å². The highest BCUT2D eigenvalue weighted by Gasteiger charge is 2.28. The SMILES string of the molecule is CCC(C(=O)NCC(C)C)N(CCc1ccccc1)C(=O)CCCN(c1ccc(F)c(F)c1)S(C)(=O)=O. The van der Waals surface area contributed by atoms with Gasteiger partial charge in [0, 0.05) is 32.1 Å². The third-order valence-electron chi connectivity index (χ3n) is 5.90. The van der Waals surface area contributed by atoms with E-state index in [1.165, 1.54) is 6.07 Å². The van der Waals surface area contributed by atoms with Gasteiger partial charge in [-0.05, 0) is 42.9 Å². The zero-order valence-electron chi connectivity index (χ0n) is 21.9. The predicted octanol–water partition coefficient (Wildman–Crippen LogP) is 4.13. The first-order valence-electron chi connectivity index (χ1n) is 12.5. The van der Waals surface area contributed by atoms with E-state index in [-0.39, 0.29) is 42.8 Å². The number of anilines is 1. The van der Waals surface area contributed by atoms with E-state index in [0.29, 0.717) is 25.9 Å². The molecule has 0 heterocycles. The Kier molecular flexibility index (Phi) is 11.5. The van der Waals surface area contributed by atoms with Crippen molar-refractivity contribution < 1.29 is 26.8 Å². The molecule has 2 rings (SSSR count). The number of hydrogen-bond acceptors (Lipinski definition) is 4. The monoisotopic (exact) mass is 537 g/mol. The fourth-order valence-electron chi connectivity index (χ4n) is 3.96. The molecule has 0 aliphatic heterocycles. The second-order valence-corrected chi connectivity index (χ2v) is 11.3. The Bertz CT molecular complexity index is 1140. The number of nitrogens with zero attached hydrogens (tertiary/aromatic N) is 2. The summed E-state index contributed by atoms with van der Waals surface area (Å²) in [5, 5.41) is 2.91. The summed E-state index contributed by atoms with van der Waals surface area (Å²) in [4.78, 5) is 27.8. The Labute approximate surface area is 218 Å². The van der Waals surface area contributed by atoms with E-state index in [2.05, 4.69) is 5.32 Å². The van der Waals surface area contributed by atoms with E-state index in [1.54, 1.807) is 4.90 Å². The molecule has 37 heavy (non-hydrogen) atoms. The summed E-state index contributed by atoms with van der Waals surface area (Å²) in [7, 11) is -3.81. The standard InChI is InChI=1S/C27H37F2N3O4S/c1-5-25(27(34)30-19-20(2)3)31(17-15-21-10-7-6-8-11-21)26(33)12-9-16-32(37(4,35)36)22-13-14-23(28)24(29)18-22/h6-8,10-11,13-14,18,20,25H,5,9,12,15-17,19H2,1-4H3,(H,30,34). The average molecular weight is 538 g/mol. The van der Waals surface area contributed by atoms with Crippen LogP contribution in [0.25, 0.3) is 0 Å². The minimum atomic E-state index is -3.81. The van der Waals surface area contributed by atoms with Crippen LogP contribution in [0, 0.1) is 17.6 Å². The summed E-state index contributed by atoms with van der Waals surface area (Å²) in [6, 6.07) is 11.8. The molecule has 0 bridgehead atoms. The van der Waals surface area contributed by atoms with Crippen LogP contribution in [0.15, 0.2) is 48.5 Å². The minimum Gasteiger partial charge on any atom is -0.354 e. The van der Waals surface area contributed by atoms with E-state index in [9.17, 15) is 26.8 Å². The van der Waals surface area contributed by atoms with Crippen molar-refractivity contribution in [2.45, 2.75) is 52.5 Å². The molecule has 0 aliphatic rings. The number of rotatable bonds is 14. The first-order valence-corrected chi connectivity index (χ1v) is 14.3. The van der Waals surface area contributed by atoms with Crippen molar-refractivity contribution in [3.05, 3.63) is 65.7 Å². The normalized spacial score (nSPS) is 12.3. The Morgan fingerprint density at radius 1 is 1.00 bits per heavy atom. The van der Waals surface area contributed by atoms with Crippen LogP contribution in [0.1, 0.15) is 45.6 Å². The summed E-state index contributed by atoms with van der Waals surface area (Å²) in [5.74, 6) is -2.48. The van der Waals surface area contributed by atoms with Gasteiger partial charge in [0.2, 0.25) is 21.8 Å². The lowest BCUT2D eigenvalue weighted by Crippen LogP contribution is -2.50. The maximum absolute atomic E-state index is 13.7. The van der Waals surface area contributed by atoms with Gasteiger partial charge in [0.05, 0.1) is 11.9 Å². The van der Waals surface area contributed by atoms with Gasteiger partial charge in [-0.2, -0.15) is 0 Å². The lowest BCUT2D eigenvalue weighted by molar-refractivity contribution is -0.140. The van der Waals surface area contributed by atoms with Crippen molar-refractivity contribution in [3.8, 4) is 0 Å². The van der Waals surface area contributed by atoms with Gasteiger partial charge in [-0.15, -0.1) is 0 Å². The summed E-state index contributed by atoms with van der Waals surface area (Å²) >= 11 is 0. The van der Waals surface area contributed by atoms with Crippen LogP contribution in [0.4, 0.5) is 14.5 Å². The molecule has 0 spiro atoms. The molecule has 0 saturated heterocycles. The number of nitrogens with one attached hydrogen (secondary N) is 1. The van der Waals surface area contributed by atoms with Crippen LogP contribution in [-0.4, -0.2) is 57.1 Å². The molecule has 2 aromatic rings. The second kappa shape index (κ2) is 14.1. The molecule has 2 amide bonds. The number of carbonyl (C=O) groups is 2. The van der Waals surface area contributed by atoms with Gasteiger partial charge in [0.1, 0.15) is 6.04 Å². The largest absolute Gasteiger partial charge is 0.354 e. The molecule has 0 aromatic heterocycles. The molecular formula is C27H37F2N3O4S. The highest BCUT2D eigenvalue weighted by molar-refractivity contribution is 7.92. The molecule has 10 heteroatoms. The molecule has 204 valence electrons. The zero-order chi connectivity index (χ0) is 27.6. The Hall–Kier alpha value is -3.01. The molecule has 0 radical (unpaired) electrons. The molecule has 0 fully saturated rings. The second-order valence-electron chi connectivity index (χ2n) is 9.42. The van der Waals surface area contributed by atoms with Crippen molar-refractivity contribution in [1.29, 1.82) is 0 Å². The number of hydrogen-bond donors (Lipinski definition) is 1. The number of sulfonamides is 1. The maximum atomic E-state index is 13.7. The lowest BCUT2D eigenvalue weighted by Gasteiger charge is -2.31. The number of amides is 2. The van der Waals surface area contributed by atoms with Crippen molar-refractivity contribution in [2.24, 2.45) is 5.92 Å². The lowest BCUT2D eigenvalue weighted by atomic mass is 10.1. The van der Waals surface area contributed by atoms with E-state index in [4.69, 9.17) is 0 Å². The third-order valence-corrected chi connectivity index (χ3v) is 7.09. The van der Waals surface area contributed by atoms with Crippen LogP contribution in [0.5, 0.6) is 0 Å².